The van der Waals surface area contributed by atoms with Gasteiger partial charge in [-0.25, -0.2) is 4.39 Å². The van der Waals surface area contributed by atoms with Crippen molar-refractivity contribution in [3.8, 4) is 0 Å². The van der Waals surface area contributed by atoms with Crippen LogP contribution >= 0.6 is 11.8 Å². The Morgan fingerprint density at radius 3 is 2.76 bits per heavy atom. The second-order valence-electron chi connectivity index (χ2n) is 7.67. The number of hydrogen-bond acceptors (Lipinski definition) is 4. The van der Waals surface area contributed by atoms with Crippen LogP contribution in [0.15, 0.2) is 54.6 Å². The number of hydrogen-bond donors (Lipinski definition) is 2. The maximum absolute atomic E-state index is 13.4. The molecule has 3 rings (SSSR count). The van der Waals surface area contributed by atoms with Crippen LogP contribution in [0.3, 0.4) is 0 Å². The van der Waals surface area contributed by atoms with Gasteiger partial charge in [-0.15, -0.1) is 11.8 Å². The second kappa shape index (κ2) is 10.8. The van der Waals surface area contributed by atoms with Gasteiger partial charge in [0.05, 0.1) is 5.25 Å². The van der Waals surface area contributed by atoms with Gasteiger partial charge in [0.25, 0.3) is 0 Å². The van der Waals surface area contributed by atoms with Crippen LogP contribution in [0.5, 0.6) is 0 Å². The third-order valence-corrected chi connectivity index (χ3v) is 6.55. The minimum atomic E-state index is -0.202. The predicted octanol–water partition coefficient (Wildman–Crippen LogP) is 4.29. The predicted molar refractivity (Wildman–Crippen MR) is 118 cm³/mol. The normalized spacial score (nSPS) is 19.8. The van der Waals surface area contributed by atoms with Crippen molar-refractivity contribution in [2.45, 2.75) is 49.3 Å². The average Bonchev–Trinajstić information content (AvgIpc) is 3.21. The molecule has 1 amide bonds. The van der Waals surface area contributed by atoms with Crippen LogP contribution < -0.4 is 10.9 Å². The molecule has 0 radical (unpaired) electrons. The van der Waals surface area contributed by atoms with E-state index >= 15 is 0 Å². The summed E-state index contributed by atoms with van der Waals surface area (Å²) in [7, 11) is 1.89. The van der Waals surface area contributed by atoms with Gasteiger partial charge in [0.1, 0.15) is 5.82 Å². The number of rotatable bonds is 9. The number of carbonyl (C=O) groups excluding carboxylic acids is 1. The number of hydrazine groups is 1. The summed E-state index contributed by atoms with van der Waals surface area (Å²) in [6, 6.07) is 17.5. The van der Waals surface area contributed by atoms with Crippen molar-refractivity contribution >= 4 is 17.7 Å². The Balaban J connectivity index is 1.36. The molecule has 3 unspecified atom stereocenters. The topological polar surface area (TPSA) is 44.4 Å². The Morgan fingerprint density at radius 1 is 1.21 bits per heavy atom. The zero-order chi connectivity index (χ0) is 20.6. The van der Waals surface area contributed by atoms with Crippen LogP contribution in [0.1, 0.15) is 43.4 Å². The summed E-state index contributed by atoms with van der Waals surface area (Å²) in [6.45, 7) is 2.73. The Kier molecular flexibility index (Phi) is 8.09. The first-order chi connectivity index (χ1) is 14.0. The Labute approximate surface area is 177 Å². The number of nitrogens with one attached hydrogen (secondary N) is 2. The van der Waals surface area contributed by atoms with E-state index in [0.717, 1.165) is 37.1 Å². The molecule has 0 aliphatic carbocycles. The Bertz CT molecular complexity index is 789. The number of thioether (sulfide) groups is 1. The highest BCUT2D eigenvalue weighted by Crippen LogP contribution is 2.25. The lowest BCUT2D eigenvalue weighted by Crippen LogP contribution is -2.35. The largest absolute Gasteiger partial charge is 0.345 e. The first-order valence-electron chi connectivity index (χ1n) is 10.2. The second-order valence-corrected chi connectivity index (χ2v) is 9.00. The fraction of sp³-hybridized carbons (Fsp3) is 0.435. The molecule has 3 atom stereocenters. The lowest BCUT2D eigenvalue weighted by Gasteiger charge is -2.22. The number of benzene rings is 2. The minimum absolute atomic E-state index is 0.0520. The van der Waals surface area contributed by atoms with Crippen molar-refractivity contribution in [3.63, 3.8) is 0 Å². The number of amides is 1. The first kappa shape index (κ1) is 21.8. The molecular formula is C23H30FN3OS. The van der Waals surface area contributed by atoms with E-state index in [1.807, 2.05) is 43.1 Å². The Hall–Kier alpha value is -1.89. The monoisotopic (exact) mass is 415 g/mol. The molecule has 1 aliphatic rings. The van der Waals surface area contributed by atoms with Crippen LogP contribution in [-0.4, -0.2) is 35.7 Å². The molecule has 6 heteroatoms. The highest BCUT2D eigenvalue weighted by molar-refractivity contribution is 7.99. The van der Waals surface area contributed by atoms with Gasteiger partial charge in [0, 0.05) is 31.4 Å². The highest BCUT2D eigenvalue weighted by atomic mass is 32.2. The fourth-order valence-electron chi connectivity index (χ4n) is 3.62. The molecule has 1 aliphatic heterocycles. The van der Waals surface area contributed by atoms with E-state index in [1.165, 1.54) is 11.6 Å². The number of carbonyl (C=O) groups is 1. The average molecular weight is 416 g/mol. The van der Waals surface area contributed by atoms with Crippen LogP contribution in [0.2, 0.25) is 0 Å². The molecule has 2 aromatic rings. The SMILES string of the molecule is CC(SCc1ccccc1)C(=O)N(C)CCCC1CC(c2cccc(F)c2)NN1. The zero-order valence-electron chi connectivity index (χ0n) is 17.1. The van der Waals surface area contributed by atoms with Gasteiger partial charge in [0.15, 0.2) is 0 Å². The number of halogens is 1. The molecule has 2 aromatic carbocycles. The van der Waals surface area contributed by atoms with Gasteiger partial charge in [-0.05, 0) is 49.4 Å². The van der Waals surface area contributed by atoms with E-state index in [1.54, 1.807) is 23.9 Å². The van der Waals surface area contributed by atoms with E-state index in [4.69, 9.17) is 0 Å². The van der Waals surface area contributed by atoms with Gasteiger partial charge < -0.3 is 4.90 Å². The van der Waals surface area contributed by atoms with Gasteiger partial charge in [-0.3, -0.25) is 15.6 Å². The summed E-state index contributed by atoms with van der Waals surface area (Å²) in [5.41, 5.74) is 8.78. The van der Waals surface area contributed by atoms with E-state index < -0.39 is 0 Å². The maximum Gasteiger partial charge on any atom is 0.235 e. The molecule has 1 heterocycles. The van der Waals surface area contributed by atoms with E-state index in [0.29, 0.717) is 6.04 Å². The molecule has 29 heavy (non-hydrogen) atoms. The van der Waals surface area contributed by atoms with E-state index in [9.17, 15) is 9.18 Å². The van der Waals surface area contributed by atoms with Crippen molar-refractivity contribution in [2.24, 2.45) is 0 Å². The fourth-order valence-corrected chi connectivity index (χ4v) is 4.57. The van der Waals surface area contributed by atoms with Gasteiger partial charge in [-0.1, -0.05) is 42.5 Å². The smallest absolute Gasteiger partial charge is 0.235 e. The third-order valence-electron chi connectivity index (χ3n) is 5.35. The standard InChI is InChI=1S/C23H30FN3OS/c1-17(29-16-18-8-4-3-5-9-18)23(28)27(2)13-7-12-21-15-22(26-25-21)19-10-6-11-20(24)14-19/h3-6,8-11,14,17,21-22,25-26H,7,12-13,15-16H2,1-2H3. The summed E-state index contributed by atoms with van der Waals surface area (Å²) in [5, 5.41) is -0.0520. The van der Waals surface area contributed by atoms with E-state index in [-0.39, 0.29) is 23.0 Å². The third kappa shape index (κ3) is 6.56. The molecule has 0 aromatic heterocycles. The van der Waals surface area contributed by atoms with Crippen molar-refractivity contribution in [1.29, 1.82) is 0 Å². The van der Waals surface area contributed by atoms with Crippen LogP contribution in [0.4, 0.5) is 4.39 Å². The van der Waals surface area contributed by atoms with Crippen molar-refractivity contribution < 1.29 is 9.18 Å². The quantitative estimate of drug-likeness (QED) is 0.641. The van der Waals surface area contributed by atoms with Crippen molar-refractivity contribution in [3.05, 3.63) is 71.5 Å². The summed E-state index contributed by atoms with van der Waals surface area (Å²) < 4.78 is 13.4. The highest BCUT2D eigenvalue weighted by Gasteiger charge is 2.25. The zero-order valence-corrected chi connectivity index (χ0v) is 17.9. The molecule has 0 spiro atoms. The molecule has 1 fully saturated rings. The summed E-state index contributed by atoms with van der Waals surface area (Å²) in [6.07, 6.45) is 2.83. The lowest BCUT2D eigenvalue weighted by molar-refractivity contribution is -0.129. The van der Waals surface area contributed by atoms with Gasteiger partial charge >= 0.3 is 0 Å². The summed E-state index contributed by atoms with van der Waals surface area (Å²) >= 11 is 1.68. The van der Waals surface area contributed by atoms with Gasteiger partial charge in [-0.2, -0.15) is 0 Å². The summed E-state index contributed by atoms with van der Waals surface area (Å²) in [5.74, 6) is 0.828. The summed E-state index contributed by atoms with van der Waals surface area (Å²) in [4.78, 5) is 14.4. The molecule has 2 N–H and O–H groups in total. The van der Waals surface area contributed by atoms with Gasteiger partial charge in [0.2, 0.25) is 5.91 Å². The molecule has 0 saturated carbocycles. The molecule has 156 valence electrons. The van der Waals surface area contributed by atoms with Crippen molar-refractivity contribution in [1.82, 2.24) is 15.8 Å². The van der Waals surface area contributed by atoms with Crippen LogP contribution in [0, 0.1) is 5.82 Å². The van der Waals surface area contributed by atoms with Crippen LogP contribution in [0.25, 0.3) is 0 Å². The number of nitrogens with zero attached hydrogens (tertiary/aromatic N) is 1. The molecule has 0 bridgehead atoms. The Morgan fingerprint density at radius 2 is 2.00 bits per heavy atom. The minimum Gasteiger partial charge on any atom is -0.345 e. The van der Waals surface area contributed by atoms with Crippen molar-refractivity contribution in [2.75, 3.05) is 13.6 Å². The first-order valence-corrected chi connectivity index (χ1v) is 11.2. The molecular weight excluding hydrogens is 385 g/mol. The molecule has 1 saturated heterocycles. The van der Waals surface area contributed by atoms with E-state index in [2.05, 4.69) is 23.0 Å². The molecule has 4 nitrogen and oxygen atoms in total. The maximum atomic E-state index is 13.4. The van der Waals surface area contributed by atoms with Crippen LogP contribution in [-0.2, 0) is 10.5 Å². The lowest BCUT2D eigenvalue weighted by atomic mass is 9.99.